The normalized spacial score (nSPS) is 40.4. The van der Waals surface area contributed by atoms with Crippen LogP contribution < -0.4 is 10.6 Å². The first-order valence-electron chi connectivity index (χ1n) is 6.97. The highest BCUT2D eigenvalue weighted by Crippen LogP contribution is 2.75. The number of hydrogen-bond donors (Lipinski definition) is 2. The Kier molecular flexibility index (Phi) is 2.45. The van der Waals surface area contributed by atoms with E-state index in [1.807, 2.05) is 0 Å². The van der Waals surface area contributed by atoms with Gasteiger partial charge in [0.2, 0.25) is 0 Å². The van der Waals surface area contributed by atoms with Crippen LogP contribution >= 0.6 is 23.2 Å². The summed E-state index contributed by atoms with van der Waals surface area (Å²) >= 11 is 13.3. The molecule has 2 amide bonds. The number of nitrogens with one attached hydrogen (secondary N) is 2. The quantitative estimate of drug-likeness (QED) is 0.769. The predicted octanol–water partition coefficient (Wildman–Crippen LogP) is 2.88. The van der Waals surface area contributed by atoms with E-state index in [1.54, 1.807) is 0 Å². The van der Waals surface area contributed by atoms with Crippen molar-refractivity contribution < 1.29 is 4.79 Å². The van der Waals surface area contributed by atoms with Gasteiger partial charge in [0.25, 0.3) is 0 Å². The molecule has 20 heavy (non-hydrogen) atoms. The number of carbonyl (C=O) groups excluding carboxylic acids is 1. The zero-order valence-corrected chi connectivity index (χ0v) is 12.6. The van der Waals surface area contributed by atoms with Crippen LogP contribution in [0.15, 0.2) is 24.3 Å². The number of halogens is 2. The van der Waals surface area contributed by atoms with Crippen molar-refractivity contribution in [2.24, 2.45) is 5.92 Å². The van der Waals surface area contributed by atoms with Crippen LogP contribution in [0.25, 0.3) is 0 Å². The largest absolute Gasteiger partial charge is 0.333 e. The molecule has 3 nitrogen and oxygen atoms in total. The molecular weight excluding hydrogens is 295 g/mol. The van der Waals surface area contributed by atoms with Crippen molar-refractivity contribution in [3.63, 3.8) is 0 Å². The Bertz CT molecular complexity index is 603. The molecule has 4 rings (SSSR count). The number of alkyl halides is 2. The lowest BCUT2D eigenvalue weighted by Crippen LogP contribution is -2.41. The van der Waals surface area contributed by atoms with Crippen LogP contribution in [-0.4, -0.2) is 22.4 Å². The summed E-state index contributed by atoms with van der Waals surface area (Å²) in [6.45, 7) is 2.08. The lowest BCUT2D eigenvalue weighted by atomic mass is 9.78. The summed E-state index contributed by atoms with van der Waals surface area (Å²) in [4.78, 5) is 11.5. The first-order valence-corrected chi connectivity index (χ1v) is 7.73. The van der Waals surface area contributed by atoms with E-state index in [4.69, 9.17) is 23.2 Å². The van der Waals surface area contributed by atoms with Crippen molar-refractivity contribution in [3.05, 3.63) is 35.4 Å². The Morgan fingerprint density at radius 1 is 1.25 bits per heavy atom. The van der Waals surface area contributed by atoms with Crippen molar-refractivity contribution in [2.75, 3.05) is 0 Å². The zero-order chi connectivity index (χ0) is 14.1. The first kappa shape index (κ1) is 12.8. The number of aryl methyl sites for hydroxylation is 1. The van der Waals surface area contributed by atoms with Gasteiger partial charge >= 0.3 is 6.03 Å². The van der Waals surface area contributed by atoms with Crippen LogP contribution in [0.1, 0.15) is 24.0 Å². The minimum Gasteiger partial charge on any atom is -0.333 e. The maximum absolute atomic E-state index is 11.5. The van der Waals surface area contributed by atoms with Gasteiger partial charge in [-0.1, -0.05) is 29.8 Å². The van der Waals surface area contributed by atoms with Gasteiger partial charge in [0.15, 0.2) is 0 Å². The number of benzene rings is 1. The van der Waals surface area contributed by atoms with Gasteiger partial charge < -0.3 is 10.6 Å². The Morgan fingerprint density at radius 3 is 2.75 bits per heavy atom. The van der Waals surface area contributed by atoms with Gasteiger partial charge in [-0.25, -0.2) is 4.79 Å². The molecule has 3 fully saturated rings. The average molecular weight is 311 g/mol. The molecule has 0 radical (unpaired) electrons. The Labute approximate surface area is 128 Å². The van der Waals surface area contributed by atoms with E-state index in [1.165, 1.54) is 11.1 Å². The van der Waals surface area contributed by atoms with Crippen molar-refractivity contribution in [1.29, 1.82) is 0 Å². The summed E-state index contributed by atoms with van der Waals surface area (Å²) in [6.07, 6.45) is 1.64. The Hall–Kier alpha value is -0.930. The van der Waals surface area contributed by atoms with E-state index >= 15 is 0 Å². The summed E-state index contributed by atoms with van der Waals surface area (Å²) in [6, 6.07) is 8.61. The van der Waals surface area contributed by atoms with Crippen LogP contribution in [0.2, 0.25) is 0 Å². The SMILES string of the molecule is Cc1cccc([C@]23C[C@@H]4NC(=O)NC4CC2C3(Cl)Cl)c1. The van der Waals surface area contributed by atoms with Gasteiger partial charge in [-0.2, -0.15) is 0 Å². The number of fused-ring (bicyclic) bond motifs is 2. The summed E-state index contributed by atoms with van der Waals surface area (Å²) < 4.78 is -0.725. The molecule has 1 saturated heterocycles. The number of hydrogen-bond acceptors (Lipinski definition) is 1. The molecule has 2 saturated carbocycles. The molecule has 2 N–H and O–H groups in total. The highest BCUT2D eigenvalue weighted by Gasteiger charge is 2.79. The third kappa shape index (κ3) is 1.45. The van der Waals surface area contributed by atoms with Crippen LogP contribution in [0.5, 0.6) is 0 Å². The topological polar surface area (TPSA) is 41.1 Å². The molecule has 2 unspecified atom stereocenters. The lowest BCUT2D eigenvalue weighted by molar-refractivity contribution is 0.247. The highest BCUT2D eigenvalue weighted by atomic mass is 35.5. The van der Waals surface area contributed by atoms with Gasteiger partial charge in [0, 0.05) is 11.3 Å². The van der Waals surface area contributed by atoms with Gasteiger partial charge in [0.05, 0.1) is 12.1 Å². The number of rotatable bonds is 1. The van der Waals surface area contributed by atoms with Crippen molar-refractivity contribution in [3.8, 4) is 0 Å². The molecule has 5 heteroatoms. The third-order valence-corrected chi connectivity index (χ3v) is 6.43. The van der Waals surface area contributed by atoms with Gasteiger partial charge in [-0.15, -0.1) is 23.2 Å². The van der Waals surface area contributed by atoms with Crippen LogP contribution in [0, 0.1) is 12.8 Å². The maximum atomic E-state index is 11.5. The smallest absolute Gasteiger partial charge is 0.315 e. The molecule has 1 aromatic rings. The lowest BCUT2D eigenvalue weighted by Gasteiger charge is -2.30. The van der Waals surface area contributed by atoms with Crippen LogP contribution in [0.3, 0.4) is 0 Å². The molecule has 1 aromatic carbocycles. The molecule has 1 aliphatic heterocycles. The van der Waals surface area contributed by atoms with Crippen molar-refractivity contribution in [1.82, 2.24) is 10.6 Å². The van der Waals surface area contributed by atoms with Crippen molar-refractivity contribution in [2.45, 2.75) is 41.6 Å². The standard InChI is InChI=1S/C15H16Cl2N2O/c1-8-3-2-4-9(5-8)14-7-11-10(18-13(20)19-11)6-12(14)15(14,16)17/h2-5,10-12H,6-7H2,1H3,(H2,18,19,20)/t10?,11-,12?,14+/m0/s1. The van der Waals surface area contributed by atoms with Crippen LogP contribution in [-0.2, 0) is 5.41 Å². The number of urea groups is 1. The van der Waals surface area contributed by atoms with Gasteiger partial charge in [0.1, 0.15) is 4.33 Å². The predicted molar refractivity (Wildman–Crippen MR) is 79.3 cm³/mol. The van der Waals surface area contributed by atoms with E-state index in [-0.39, 0.29) is 29.4 Å². The second kappa shape index (κ2) is 3.83. The highest BCUT2D eigenvalue weighted by molar-refractivity contribution is 6.52. The molecule has 106 valence electrons. The molecule has 2 aliphatic carbocycles. The Morgan fingerprint density at radius 2 is 2.00 bits per heavy atom. The molecule has 0 bridgehead atoms. The van der Waals surface area contributed by atoms with Gasteiger partial charge in [-0.05, 0) is 25.3 Å². The number of carbonyl (C=O) groups is 1. The minimum absolute atomic E-state index is 0.0737. The third-order valence-electron chi connectivity index (χ3n) is 5.23. The first-order chi connectivity index (χ1) is 9.45. The summed E-state index contributed by atoms with van der Waals surface area (Å²) in [5.74, 6) is 0.210. The minimum atomic E-state index is -0.725. The summed E-state index contributed by atoms with van der Waals surface area (Å²) in [5, 5.41) is 5.96. The zero-order valence-electron chi connectivity index (χ0n) is 11.1. The van der Waals surface area contributed by atoms with E-state index in [0.717, 1.165) is 12.8 Å². The molecule has 0 aromatic heterocycles. The van der Waals surface area contributed by atoms with E-state index in [9.17, 15) is 4.79 Å². The maximum Gasteiger partial charge on any atom is 0.315 e. The second-order valence-corrected chi connectivity index (χ2v) is 7.67. The van der Waals surface area contributed by atoms with Crippen molar-refractivity contribution >= 4 is 29.2 Å². The number of amides is 2. The second-order valence-electron chi connectivity index (χ2n) is 6.29. The summed E-state index contributed by atoms with van der Waals surface area (Å²) in [7, 11) is 0. The molecule has 3 aliphatic rings. The Balaban J connectivity index is 1.75. The molecule has 0 spiro atoms. The molecule has 4 atom stereocenters. The fourth-order valence-corrected chi connectivity index (χ4v) is 5.27. The van der Waals surface area contributed by atoms with Gasteiger partial charge in [-0.3, -0.25) is 0 Å². The summed E-state index contributed by atoms with van der Waals surface area (Å²) in [5.41, 5.74) is 2.19. The van der Waals surface area contributed by atoms with E-state index < -0.39 is 4.33 Å². The van der Waals surface area contributed by atoms with E-state index in [0.29, 0.717) is 0 Å². The fraction of sp³-hybridized carbons (Fsp3) is 0.533. The van der Waals surface area contributed by atoms with E-state index in [2.05, 4.69) is 41.8 Å². The molecular formula is C15H16Cl2N2O. The monoisotopic (exact) mass is 310 g/mol. The fourth-order valence-electron chi connectivity index (χ4n) is 4.19. The van der Waals surface area contributed by atoms with Crippen LogP contribution in [0.4, 0.5) is 4.79 Å². The average Bonchev–Trinajstić information content (AvgIpc) is 2.70. The molecule has 1 heterocycles.